The van der Waals surface area contributed by atoms with Crippen molar-refractivity contribution in [3.05, 3.63) is 124 Å². The van der Waals surface area contributed by atoms with E-state index in [4.69, 9.17) is 0 Å². The van der Waals surface area contributed by atoms with E-state index < -0.39 is 22.8 Å². The third-order valence-corrected chi connectivity index (χ3v) is 8.61. The van der Waals surface area contributed by atoms with Crippen molar-refractivity contribution in [2.24, 2.45) is 0 Å². The Hall–Kier alpha value is -5.66. The minimum Gasteiger partial charge on any atom is -0.322 e. The van der Waals surface area contributed by atoms with Crippen molar-refractivity contribution in [2.75, 3.05) is 10.2 Å². The molecule has 44 heavy (non-hydrogen) atoms. The van der Waals surface area contributed by atoms with Gasteiger partial charge in [-0.3, -0.25) is 29.8 Å². The maximum atomic E-state index is 13.1. The fraction of sp³-hybridized carbons (Fsp3) is 0. The summed E-state index contributed by atoms with van der Waals surface area (Å²) in [5.41, 5.74) is 1.68. The van der Waals surface area contributed by atoms with Gasteiger partial charge in [0.2, 0.25) is 0 Å². The summed E-state index contributed by atoms with van der Waals surface area (Å²) < 4.78 is 1.32. The Morgan fingerprint density at radius 1 is 0.955 bits per heavy atom. The van der Waals surface area contributed by atoms with Gasteiger partial charge in [-0.05, 0) is 60.2 Å². The largest absolute Gasteiger partial charge is 0.335 e. The number of urea groups is 1. The normalized spacial score (nSPS) is 14.1. The number of aromatic nitrogens is 1. The molecule has 5 amide bonds. The van der Waals surface area contributed by atoms with Crippen LogP contribution in [0.4, 0.5) is 21.9 Å². The Kier molecular flexibility index (Phi) is 7.70. The van der Waals surface area contributed by atoms with E-state index >= 15 is 0 Å². The molecule has 0 aliphatic carbocycles. The lowest BCUT2D eigenvalue weighted by Gasteiger charge is -2.26. The first kappa shape index (κ1) is 28.5. The lowest BCUT2D eigenvalue weighted by molar-refractivity contribution is -0.387. The molecular formula is C31H19N5O6S2. The number of benzene rings is 4. The monoisotopic (exact) mass is 621 g/mol. The molecule has 2 heterocycles. The highest BCUT2D eigenvalue weighted by Gasteiger charge is 2.36. The van der Waals surface area contributed by atoms with Gasteiger partial charge in [-0.2, -0.15) is 0 Å². The predicted octanol–water partition coefficient (Wildman–Crippen LogP) is 6.27. The molecule has 0 atom stereocenters. The molecular weight excluding hydrogens is 603 g/mol. The number of carbonyl (C=O) groups excluding carboxylic acids is 4. The number of thiazole rings is 1. The van der Waals surface area contributed by atoms with Crippen molar-refractivity contribution in [1.29, 1.82) is 0 Å². The first-order chi connectivity index (χ1) is 21.3. The number of hydrogen-bond acceptors (Lipinski definition) is 9. The Morgan fingerprint density at radius 2 is 1.68 bits per heavy atom. The van der Waals surface area contributed by atoms with Crippen LogP contribution in [-0.4, -0.2) is 33.7 Å². The van der Waals surface area contributed by atoms with Gasteiger partial charge in [-0.25, -0.2) is 14.7 Å². The van der Waals surface area contributed by atoms with Gasteiger partial charge in [0.25, 0.3) is 23.4 Å². The lowest BCUT2D eigenvalue weighted by Crippen LogP contribution is -2.54. The van der Waals surface area contributed by atoms with Crippen LogP contribution < -0.4 is 15.5 Å². The smallest absolute Gasteiger partial charge is 0.322 e. The number of rotatable bonds is 7. The molecule has 0 unspecified atom stereocenters. The minimum atomic E-state index is -0.901. The molecule has 11 nitrogen and oxygen atoms in total. The molecule has 4 aromatic carbocycles. The van der Waals surface area contributed by atoms with Crippen LogP contribution in [0.3, 0.4) is 0 Å². The van der Waals surface area contributed by atoms with E-state index in [0.717, 1.165) is 21.4 Å². The Labute approximate surface area is 257 Å². The number of nitro groups is 1. The zero-order valence-electron chi connectivity index (χ0n) is 22.4. The quantitative estimate of drug-likeness (QED) is 0.0933. The highest BCUT2D eigenvalue weighted by Crippen LogP contribution is 2.40. The zero-order valence-corrected chi connectivity index (χ0v) is 24.1. The van der Waals surface area contributed by atoms with Gasteiger partial charge in [0.1, 0.15) is 5.57 Å². The zero-order chi connectivity index (χ0) is 30.8. The molecule has 216 valence electrons. The Bertz CT molecular complexity index is 2010. The molecule has 0 saturated carbocycles. The summed E-state index contributed by atoms with van der Waals surface area (Å²) in [5.74, 6) is -2.00. The van der Waals surface area contributed by atoms with E-state index in [2.05, 4.69) is 15.6 Å². The summed E-state index contributed by atoms with van der Waals surface area (Å²) >= 11 is 2.41. The number of fused-ring (bicyclic) bond motifs is 1. The topological polar surface area (TPSA) is 152 Å². The molecule has 1 aliphatic rings. The van der Waals surface area contributed by atoms with Gasteiger partial charge >= 0.3 is 6.03 Å². The second-order valence-corrected chi connectivity index (χ2v) is 11.7. The molecule has 1 fully saturated rings. The summed E-state index contributed by atoms with van der Waals surface area (Å²) in [5, 5.41) is 17.0. The maximum Gasteiger partial charge on any atom is 0.335 e. The third kappa shape index (κ3) is 5.82. The summed E-state index contributed by atoms with van der Waals surface area (Å²) in [6.45, 7) is 0. The number of nitrogens with one attached hydrogen (secondary N) is 2. The number of nitrogens with zero attached hydrogens (tertiary/aromatic N) is 3. The second-order valence-electron chi connectivity index (χ2n) is 9.36. The van der Waals surface area contributed by atoms with E-state index in [0.29, 0.717) is 26.0 Å². The fourth-order valence-corrected chi connectivity index (χ4v) is 6.55. The highest BCUT2D eigenvalue weighted by molar-refractivity contribution is 8.01. The molecule has 0 bridgehead atoms. The Morgan fingerprint density at radius 3 is 2.41 bits per heavy atom. The number of amides is 5. The van der Waals surface area contributed by atoms with Gasteiger partial charge in [0.05, 0.1) is 25.7 Å². The van der Waals surface area contributed by atoms with Crippen molar-refractivity contribution in [1.82, 2.24) is 10.3 Å². The lowest BCUT2D eigenvalue weighted by atomic mass is 10.1. The SMILES string of the molecule is O=C1NC(=O)N(c2ccccc2)C(=O)/C1=C/c1ccc(Sc2nc3ccc(NC(=O)c4ccccc4)cc3s2)c([N+](=O)[O-])c1. The second kappa shape index (κ2) is 11.9. The number of anilines is 2. The average Bonchev–Trinajstić information content (AvgIpc) is 3.42. The molecule has 1 aromatic heterocycles. The molecule has 5 aromatic rings. The maximum absolute atomic E-state index is 13.1. The summed E-state index contributed by atoms with van der Waals surface area (Å²) in [4.78, 5) is 67.8. The van der Waals surface area contributed by atoms with E-state index in [9.17, 15) is 29.3 Å². The van der Waals surface area contributed by atoms with Crippen LogP contribution in [0.2, 0.25) is 0 Å². The van der Waals surface area contributed by atoms with E-state index in [1.165, 1.54) is 35.6 Å². The van der Waals surface area contributed by atoms with Gasteiger partial charge in [-0.15, -0.1) is 11.3 Å². The summed E-state index contributed by atoms with van der Waals surface area (Å²) in [7, 11) is 0. The number of carbonyl (C=O) groups is 4. The van der Waals surface area contributed by atoms with Gasteiger partial charge < -0.3 is 5.32 Å². The minimum absolute atomic E-state index is 0.227. The van der Waals surface area contributed by atoms with Crippen LogP contribution in [0.25, 0.3) is 16.3 Å². The number of imide groups is 2. The molecule has 13 heteroatoms. The molecule has 1 saturated heterocycles. The Balaban J connectivity index is 1.25. The van der Waals surface area contributed by atoms with Crippen LogP contribution in [0.15, 0.2) is 112 Å². The summed E-state index contributed by atoms with van der Waals surface area (Å²) in [6.07, 6.45) is 1.21. The van der Waals surface area contributed by atoms with Crippen LogP contribution in [0.1, 0.15) is 15.9 Å². The van der Waals surface area contributed by atoms with E-state index in [-0.39, 0.29) is 28.4 Å². The predicted molar refractivity (Wildman–Crippen MR) is 167 cm³/mol. The first-order valence-corrected chi connectivity index (χ1v) is 14.6. The van der Waals surface area contributed by atoms with Crippen LogP contribution in [-0.2, 0) is 9.59 Å². The van der Waals surface area contributed by atoms with E-state index in [1.54, 1.807) is 72.8 Å². The number of para-hydroxylation sites is 1. The molecule has 0 spiro atoms. The van der Waals surface area contributed by atoms with Crippen molar-refractivity contribution in [3.63, 3.8) is 0 Å². The van der Waals surface area contributed by atoms with Crippen molar-refractivity contribution in [2.45, 2.75) is 9.24 Å². The standard InChI is InChI=1S/C31H19N5O6S2/c37-27(19-7-3-1-4-8-19)32-20-12-13-23-26(17-20)44-31(33-23)43-25-14-11-18(16-24(25)36(41)42)15-22-28(38)34-30(40)35(29(22)39)21-9-5-2-6-10-21/h1-17H,(H,32,37)(H,34,38,40)/b22-15+. The van der Waals surface area contributed by atoms with Gasteiger partial charge in [0.15, 0.2) is 4.34 Å². The van der Waals surface area contributed by atoms with Crippen LogP contribution in [0.5, 0.6) is 0 Å². The molecule has 6 rings (SSSR count). The van der Waals surface area contributed by atoms with Crippen molar-refractivity contribution in [3.8, 4) is 0 Å². The number of hydrogen-bond donors (Lipinski definition) is 2. The first-order valence-electron chi connectivity index (χ1n) is 13.0. The molecule has 2 N–H and O–H groups in total. The fourth-order valence-electron chi connectivity index (χ4n) is 4.40. The number of nitro benzene ring substituents is 1. The van der Waals surface area contributed by atoms with Crippen molar-refractivity contribution >= 4 is 80.2 Å². The van der Waals surface area contributed by atoms with E-state index in [1.807, 2.05) is 6.07 Å². The van der Waals surface area contributed by atoms with Crippen molar-refractivity contribution < 1.29 is 24.1 Å². The van der Waals surface area contributed by atoms with Crippen LogP contribution in [0, 0.1) is 10.1 Å². The van der Waals surface area contributed by atoms with Gasteiger partial charge in [0, 0.05) is 17.3 Å². The van der Waals surface area contributed by atoms with Crippen LogP contribution >= 0.6 is 23.1 Å². The molecule has 0 radical (unpaired) electrons. The number of barbiturate groups is 1. The average molecular weight is 622 g/mol. The molecule has 1 aliphatic heterocycles. The summed E-state index contributed by atoms with van der Waals surface area (Å²) in [6, 6.07) is 25.6. The highest BCUT2D eigenvalue weighted by atomic mass is 32.2. The van der Waals surface area contributed by atoms with Gasteiger partial charge in [-0.1, -0.05) is 54.2 Å². The third-order valence-electron chi connectivity index (χ3n) is 6.47.